The van der Waals surface area contributed by atoms with E-state index < -0.39 is 15.9 Å². The molecule has 5 rings (SSSR count). The Morgan fingerprint density at radius 3 is 2.50 bits per heavy atom. The summed E-state index contributed by atoms with van der Waals surface area (Å²) in [5.41, 5.74) is 1.14. The van der Waals surface area contributed by atoms with E-state index in [-0.39, 0.29) is 29.7 Å². The molecule has 11 nitrogen and oxygen atoms in total. The summed E-state index contributed by atoms with van der Waals surface area (Å²) in [4.78, 5) is 37.5. The van der Waals surface area contributed by atoms with Crippen LogP contribution in [0.3, 0.4) is 0 Å². The topological polar surface area (TPSA) is 125 Å². The predicted molar refractivity (Wildman–Crippen MR) is 142 cm³/mol. The second kappa shape index (κ2) is 10.8. The summed E-state index contributed by atoms with van der Waals surface area (Å²) in [5.74, 6) is 0.396. The Labute approximate surface area is 221 Å². The molecule has 2 amide bonds. The Balaban J connectivity index is 1.18. The lowest BCUT2D eigenvalue weighted by molar-refractivity contribution is -0.122. The number of carbonyl (C=O) groups excluding carboxylic acids is 2. The molecule has 3 aromatic rings. The minimum atomic E-state index is -3.68. The van der Waals surface area contributed by atoms with Crippen LogP contribution in [0, 0.1) is 5.92 Å². The van der Waals surface area contributed by atoms with Crippen molar-refractivity contribution in [1.82, 2.24) is 14.3 Å². The Bertz CT molecular complexity index is 1410. The van der Waals surface area contributed by atoms with Crippen LogP contribution in [0.1, 0.15) is 6.42 Å². The molecule has 0 spiro atoms. The zero-order valence-corrected chi connectivity index (χ0v) is 21.7. The van der Waals surface area contributed by atoms with Gasteiger partial charge in [0.2, 0.25) is 21.8 Å². The lowest BCUT2D eigenvalue weighted by Gasteiger charge is -2.34. The molecule has 0 bridgehead atoms. The minimum Gasteiger partial charge on any atom is -0.497 e. The number of ether oxygens (including phenoxy) is 1. The Hall–Kier alpha value is -4.03. The highest BCUT2D eigenvalue weighted by atomic mass is 32.2. The van der Waals surface area contributed by atoms with Gasteiger partial charge >= 0.3 is 0 Å². The smallest absolute Gasteiger partial charge is 0.243 e. The number of hydrogen-bond donors (Lipinski definition) is 1. The van der Waals surface area contributed by atoms with Gasteiger partial charge in [-0.25, -0.2) is 13.4 Å². The van der Waals surface area contributed by atoms with Gasteiger partial charge in [0.1, 0.15) is 11.6 Å². The fourth-order valence-corrected chi connectivity index (χ4v) is 6.05. The number of rotatable bonds is 7. The number of nitrogens with zero attached hydrogens (tertiary/aromatic N) is 5. The third-order valence-corrected chi connectivity index (χ3v) is 8.65. The van der Waals surface area contributed by atoms with Crippen molar-refractivity contribution in [3.05, 3.63) is 67.1 Å². The fraction of sp³-hybridized carbons (Fsp3) is 0.308. The van der Waals surface area contributed by atoms with Crippen LogP contribution in [-0.4, -0.2) is 74.3 Å². The van der Waals surface area contributed by atoms with E-state index in [0.29, 0.717) is 43.3 Å². The lowest BCUT2D eigenvalue weighted by atomic mass is 10.1. The molecule has 12 heteroatoms. The number of hydrogen-bond acceptors (Lipinski definition) is 8. The zero-order chi connectivity index (χ0) is 26.7. The molecule has 1 unspecified atom stereocenters. The molecule has 0 aliphatic carbocycles. The zero-order valence-electron chi connectivity index (χ0n) is 20.9. The van der Waals surface area contributed by atoms with Crippen molar-refractivity contribution in [2.75, 3.05) is 55.0 Å². The van der Waals surface area contributed by atoms with E-state index >= 15 is 0 Å². The van der Waals surface area contributed by atoms with Gasteiger partial charge in [0.15, 0.2) is 0 Å². The second-order valence-electron chi connectivity index (χ2n) is 9.08. The van der Waals surface area contributed by atoms with E-state index in [1.807, 2.05) is 4.90 Å². The number of sulfonamides is 1. The average Bonchev–Trinajstić information content (AvgIpc) is 3.35. The van der Waals surface area contributed by atoms with Gasteiger partial charge in [-0.15, -0.1) is 0 Å². The van der Waals surface area contributed by atoms with Crippen molar-refractivity contribution in [2.45, 2.75) is 11.3 Å². The van der Waals surface area contributed by atoms with Gasteiger partial charge in [-0.05, 0) is 36.4 Å². The summed E-state index contributed by atoms with van der Waals surface area (Å²) >= 11 is 0. The monoisotopic (exact) mass is 536 g/mol. The van der Waals surface area contributed by atoms with Crippen molar-refractivity contribution >= 4 is 39.0 Å². The fourth-order valence-electron chi connectivity index (χ4n) is 4.63. The molecule has 1 atom stereocenters. The van der Waals surface area contributed by atoms with Crippen LogP contribution in [-0.2, 0) is 19.6 Å². The maximum absolute atomic E-state index is 13.2. The lowest BCUT2D eigenvalue weighted by Crippen LogP contribution is -2.48. The van der Waals surface area contributed by atoms with Gasteiger partial charge in [0.25, 0.3) is 0 Å². The van der Waals surface area contributed by atoms with Gasteiger partial charge in [-0.2, -0.15) is 4.31 Å². The molecule has 2 saturated heterocycles. The Morgan fingerprint density at radius 1 is 1.05 bits per heavy atom. The number of carbonyl (C=O) groups is 2. The van der Waals surface area contributed by atoms with Crippen molar-refractivity contribution in [1.29, 1.82) is 0 Å². The first-order valence-electron chi connectivity index (χ1n) is 12.2. The number of benzene rings is 2. The summed E-state index contributed by atoms with van der Waals surface area (Å²) in [5, 5.41) is 2.81. The van der Waals surface area contributed by atoms with Crippen molar-refractivity contribution in [3.8, 4) is 5.75 Å². The third kappa shape index (κ3) is 5.31. The maximum Gasteiger partial charge on any atom is 0.243 e. The first kappa shape index (κ1) is 25.6. The second-order valence-corrected chi connectivity index (χ2v) is 11.0. The number of anilines is 3. The normalized spacial score (nSPS) is 18.4. The molecular formula is C26H28N6O5S. The number of amides is 2. The van der Waals surface area contributed by atoms with Crippen molar-refractivity contribution in [2.24, 2.45) is 5.92 Å². The van der Waals surface area contributed by atoms with Crippen LogP contribution in [0.15, 0.2) is 72.0 Å². The van der Waals surface area contributed by atoms with E-state index in [0.717, 1.165) is 5.82 Å². The molecule has 2 aliphatic rings. The predicted octanol–water partition coefficient (Wildman–Crippen LogP) is 1.99. The van der Waals surface area contributed by atoms with Gasteiger partial charge in [-0.3, -0.25) is 14.6 Å². The highest BCUT2D eigenvalue weighted by molar-refractivity contribution is 7.89. The Kier molecular flexibility index (Phi) is 7.25. The van der Waals surface area contributed by atoms with Crippen LogP contribution in [0.4, 0.5) is 17.2 Å². The SMILES string of the molecule is COc1cccc(N2CC(C(=O)Nc3ccc(S(=O)(=O)N4CCN(c5cnccn5)CC4)cc3)CC2=O)c1. The molecule has 2 fully saturated rings. The van der Waals surface area contributed by atoms with Crippen LogP contribution >= 0.6 is 0 Å². The number of piperazine rings is 1. The summed E-state index contributed by atoms with van der Waals surface area (Å²) in [7, 11) is -2.13. The molecule has 1 N–H and O–H groups in total. The molecule has 2 aliphatic heterocycles. The number of nitrogens with one attached hydrogen (secondary N) is 1. The first-order chi connectivity index (χ1) is 18.3. The van der Waals surface area contributed by atoms with E-state index in [1.54, 1.807) is 67.0 Å². The van der Waals surface area contributed by atoms with Crippen molar-refractivity contribution < 1.29 is 22.7 Å². The standard InChI is InChI=1S/C26H28N6O5S/c1-37-22-4-2-3-21(16-22)32-18-19(15-25(32)33)26(34)29-20-5-7-23(8-6-20)38(35,36)31-13-11-30(12-14-31)24-17-27-9-10-28-24/h2-10,16-17,19H,11-15,18H2,1H3,(H,29,34). The molecule has 1 aromatic heterocycles. The minimum absolute atomic E-state index is 0.0933. The van der Waals surface area contributed by atoms with Gasteiger partial charge in [-0.1, -0.05) is 6.07 Å². The quantitative estimate of drug-likeness (QED) is 0.486. The van der Waals surface area contributed by atoms with E-state index in [4.69, 9.17) is 4.74 Å². The summed E-state index contributed by atoms with van der Waals surface area (Å²) in [6, 6.07) is 13.3. The average molecular weight is 537 g/mol. The van der Waals surface area contributed by atoms with Crippen LogP contribution in [0.25, 0.3) is 0 Å². The van der Waals surface area contributed by atoms with Crippen LogP contribution in [0.5, 0.6) is 5.75 Å². The van der Waals surface area contributed by atoms with E-state index in [9.17, 15) is 18.0 Å². The van der Waals surface area contributed by atoms with Gasteiger partial charge in [0, 0.05) is 69.0 Å². The summed E-state index contributed by atoms with van der Waals surface area (Å²) in [6.45, 7) is 1.94. The Morgan fingerprint density at radius 2 is 1.82 bits per heavy atom. The van der Waals surface area contributed by atoms with Crippen LogP contribution < -0.4 is 19.9 Å². The third-order valence-electron chi connectivity index (χ3n) is 6.73. The molecular weight excluding hydrogens is 508 g/mol. The molecule has 38 heavy (non-hydrogen) atoms. The molecule has 0 radical (unpaired) electrons. The molecule has 198 valence electrons. The number of methoxy groups -OCH3 is 1. The molecule has 3 heterocycles. The molecule has 0 saturated carbocycles. The summed E-state index contributed by atoms with van der Waals surface area (Å²) < 4.78 is 33.0. The maximum atomic E-state index is 13.2. The highest BCUT2D eigenvalue weighted by Gasteiger charge is 2.35. The first-order valence-corrected chi connectivity index (χ1v) is 13.7. The summed E-state index contributed by atoms with van der Waals surface area (Å²) in [6.07, 6.45) is 4.96. The molecule has 2 aromatic carbocycles. The van der Waals surface area contributed by atoms with Gasteiger partial charge < -0.3 is 19.9 Å². The van der Waals surface area contributed by atoms with Gasteiger partial charge in [0.05, 0.1) is 24.1 Å². The van der Waals surface area contributed by atoms with E-state index in [1.165, 1.54) is 16.4 Å². The number of aromatic nitrogens is 2. The largest absolute Gasteiger partial charge is 0.497 e. The van der Waals surface area contributed by atoms with E-state index in [2.05, 4.69) is 15.3 Å². The van der Waals surface area contributed by atoms with Crippen LogP contribution in [0.2, 0.25) is 0 Å². The van der Waals surface area contributed by atoms with Crippen molar-refractivity contribution in [3.63, 3.8) is 0 Å². The highest BCUT2D eigenvalue weighted by Crippen LogP contribution is 2.29.